The largest absolute Gasteiger partial charge is 0.448 e. The summed E-state index contributed by atoms with van der Waals surface area (Å²) in [4.78, 5) is 34.2. The summed E-state index contributed by atoms with van der Waals surface area (Å²) in [5, 5.41) is 0. The van der Waals surface area contributed by atoms with Crippen LogP contribution in [-0.4, -0.2) is 34.5 Å². The van der Waals surface area contributed by atoms with Crippen LogP contribution in [0.15, 0.2) is 36.7 Å². The van der Waals surface area contributed by atoms with Crippen LogP contribution in [0, 0.1) is 6.92 Å². The van der Waals surface area contributed by atoms with Crippen molar-refractivity contribution in [3.05, 3.63) is 53.6 Å². The Balaban J connectivity index is 1.69. The van der Waals surface area contributed by atoms with Gasteiger partial charge in [0.15, 0.2) is 11.8 Å². The average molecular weight is 311 g/mol. The quantitative estimate of drug-likeness (QED) is 0.810. The molecule has 0 unspecified atom stereocenters. The Labute approximate surface area is 134 Å². The Hall–Kier alpha value is -2.76. The van der Waals surface area contributed by atoms with E-state index >= 15 is 0 Å². The van der Waals surface area contributed by atoms with Gasteiger partial charge in [0, 0.05) is 18.4 Å². The van der Waals surface area contributed by atoms with Gasteiger partial charge in [0.2, 0.25) is 0 Å². The summed E-state index contributed by atoms with van der Waals surface area (Å²) in [5.41, 5.74) is 2.82. The molecule has 118 valence electrons. The van der Waals surface area contributed by atoms with Gasteiger partial charge in [-0.25, -0.2) is 9.78 Å². The maximum atomic E-state index is 12.5. The molecule has 0 aliphatic carbocycles. The number of aryl methyl sites for hydroxylation is 1. The van der Waals surface area contributed by atoms with Crippen molar-refractivity contribution < 1.29 is 14.3 Å². The second-order valence-electron chi connectivity index (χ2n) is 5.46. The second kappa shape index (κ2) is 6.16. The molecule has 1 aliphatic heterocycles. The third-order valence-corrected chi connectivity index (χ3v) is 3.77. The predicted molar refractivity (Wildman–Crippen MR) is 84.1 cm³/mol. The second-order valence-corrected chi connectivity index (χ2v) is 5.46. The van der Waals surface area contributed by atoms with Crippen LogP contribution < -0.4 is 4.90 Å². The highest BCUT2D eigenvalue weighted by Gasteiger charge is 2.30. The lowest BCUT2D eigenvalue weighted by Gasteiger charge is -2.21. The van der Waals surface area contributed by atoms with Crippen LogP contribution in [0.3, 0.4) is 0 Å². The van der Waals surface area contributed by atoms with Crippen LogP contribution in [-0.2, 0) is 16.0 Å². The summed E-state index contributed by atoms with van der Waals surface area (Å²) in [7, 11) is 0. The van der Waals surface area contributed by atoms with Crippen molar-refractivity contribution in [2.45, 2.75) is 26.4 Å². The number of amides is 1. The zero-order valence-corrected chi connectivity index (χ0v) is 13.0. The maximum Gasteiger partial charge on any atom is 0.359 e. The number of rotatable bonds is 3. The van der Waals surface area contributed by atoms with E-state index in [-0.39, 0.29) is 11.6 Å². The Morgan fingerprint density at radius 2 is 2.00 bits per heavy atom. The van der Waals surface area contributed by atoms with E-state index in [4.69, 9.17) is 4.74 Å². The monoisotopic (exact) mass is 311 g/mol. The smallest absolute Gasteiger partial charge is 0.359 e. The first kappa shape index (κ1) is 15.1. The Morgan fingerprint density at radius 1 is 1.22 bits per heavy atom. The Bertz CT molecular complexity index is 743. The minimum absolute atomic E-state index is 0.0945. The van der Waals surface area contributed by atoms with Gasteiger partial charge in [-0.05, 0) is 31.9 Å². The molecular weight excluding hydrogens is 294 g/mol. The zero-order chi connectivity index (χ0) is 16.4. The summed E-state index contributed by atoms with van der Waals surface area (Å²) in [6.07, 6.45) is 2.77. The molecule has 2 heterocycles. The zero-order valence-electron chi connectivity index (χ0n) is 13.0. The third-order valence-electron chi connectivity index (χ3n) is 3.77. The lowest BCUT2D eigenvalue weighted by molar-refractivity contribution is -0.126. The third kappa shape index (κ3) is 3.06. The number of anilines is 1. The molecule has 0 saturated carbocycles. The number of carbonyl (C=O) groups is 2. The summed E-state index contributed by atoms with van der Waals surface area (Å²) < 4.78 is 5.23. The lowest BCUT2D eigenvalue weighted by Crippen LogP contribution is -2.39. The van der Waals surface area contributed by atoms with E-state index in [0.29, 0.717) is 12.2 Å². The summed E-state index contributed by atoms with van der Waals surface area (Å²) >= 11 is 0. The molecule has 3 rings (SSSR count). The van der Waals surface area contributed by atoms with Gasteiger partial charge in [-0.3, -0.25) is 9.78 Å². The van der Waals surface area contributed by atoms with E-state index in [1.807, 2.05) is 24.3 Å². The van der Waals surface area contributed by atoms with E-state index in [2.05, 4.69) is 9.97 Å². The van der Waals surface area contributed by atoms with Crippen molar-refractivity contribution in [1.29, 1.82) is 0 Å². The van der Waals surface area contributed by atoms with Crippen LogP contribution >= 0.6 is 0 Å². The van der Waals surface area contributed by atoms with Crippen molar-refractivity contribution in [2.75, 3.05) is 11.4 Å². The molecule has 1 aromatic carbocycles. The molecule has 0 saturated heterocycles. The van der Waals surface area contributed by atoms with Crippen LogP contribution in [0.2, 0.25) is 0 Å². The fourth-order valence-electron chi connectivity index (χ4n) is 2.56. The van der Waals surface area contributed by atoms with Gasteiger partial charge in [0.1, 0.15) is 0 Å². The number of fused-ring (bicyclic) bond motifs is 1. The molecule has 1 amide bonds. The SMILES string of the molecule is Cc1cnc(C(=O)O[C@@H](C)C(=O)N2CCc3ccccc32)cn1. The molecule has 0 spiro atoms. The van der Waals surface area contributed by atoms with E-state index < -0.39 is 12.1 Å². The molecule has 0 radical (unpaired) electrons. The number of aromatic nitrogens is 2. The van der Waals surface area contributed by atoms with E-state index in [0.717, 1.165) is 17.7 Å². The minimum atomic E-state index is -0.878. The van der Waals surface area contributed by atoms with E-state index in [1.54, 1.807) is 18.7 Å². The first-order chi connectivity index (χ1) is 11.1. The first-order valence-corrected chi connectivity index (χ1v) is 7.45. The molecule has 1 aromatic heterocycles. The average Bonchev–Trinajstić information content (AvgIpc) is 2.98. The van der Waals surface area contributed by atoms with Gasteiger partial charge in [-0.1, -0.05) is 18.2 Å². The van der Waals surface area contributed by atoms with Crippen molar-refractivity contribution in [1.82, 2.24) is 9.97 Å². The molecule has 1 atom stereocenters. The fourth-order valence-corrected chi connectivity index (χ4v) is 2.56. The van der Waals surface area contributed by atoms with Crippen molar-refractivity contribution in [3.63, 3.8) is 0 Å². The van der Waals surface area contributed by atoms with Crippen molar-refractivity contribution in [2.24, 2.45) is 0 Å². The van der Waals surface area contributed by atoms with Gasteiger partial charge >= 0.3 is 5.97 Å². The minimum Gasteiger partial charge on any atom is -0.448 e. The Morgan fingerprint density at radius 3 is 2.74 bits per heavy atom. The highest BCUT2D eigenvalue weighted by atomic mass is 16.5. The van der Waals surface area contributed by atoms with Gasteiger partial charge in [0.05, 0.1) is 11.9 Å². The molecule has 1 aliphatic rings. The van der Waals surface area contributed by atoms with Gasteiger partial charge < -0.3 is 9.64 Å². The number of para-hydroxylation sites is 1. The van der Waals surface area contributed by atoms with Crippen molar-refractivity contribution >= 4 is 17.6 Å². The van der Waals surface area contributed by atoms with Crippen LogP contribution in [0.4, 0.5) is 5.69 Å². The number of nitrogens with zero attached hydrogens (tertiary/aromatic N) is 3. The lowest BCUT2D eigenvalue weighted by atomic mass is 10.2. The Kier molecular flexibility index (Phi) is 4.06. The van der Waals surface area contributed by atoms with Crippen molar-refractivity contribution in [3.8, 4) is 0 Å². The molecule has 6 nitrogen and oxygen atoms in total. The molecule has 2 aromatic rings. The number of carbonyl (C=O) groups excluding carboxylic acids is 2. The van der Waals surface area contributed by atoms with Gasteiger partial charge in [-0.2, -0.15) is 0 Å². The highest BCUT2D eigenvalue weighted by Crippen LogP contribution is 2.28. The predicted octanol–water partition coefficient (Wildman–Crippen LogP) is 1.92. The molecule has 6 heteroatoms. The molecule has 0 fully saturated rings. The molecular formula is C17H17N3O3. The number of ether oxygens (including phenoxy) is 1. The number of hydrogen-bond acceptors (Lipinski definition) is 5. The highest BCUT2D eigenvalue weighted by molar-refractivity contribution is 6.00. The van der Waals surface area contributed by atoms with Crippen LogP contribution in [0.5, 0.6) is 0 Å². The van der Waals surface area contributed by atoms with Gasteiger partial charge in [-0.15, -0.1) is 0 Å². The summed E-state index contributed by atoms with van der Waals surface area (Å²) in [6.45, 7) is 3.95. The topological polar surface area (TPSA) is 72.4 Å². The van der Waals surface area contributed by atoms with E-state index in [9.17, 15) is 9.59 Å². The molecule has 0 N–H and O–H groups in total. The van der Waals surface area contributed by atoms with E-state index in [1.165, 1.54) is 12.4 Å². The summed E-state index contributed by atoms with van der Waals surface area (Å²) in [5.74, 6) is -0.880. The first-order valence-electron chi connectivity index (χ1n) is 7.45. The number of esters is 1. The standard InChI is InChI=1S/C17H17N3O3/c1-11-9-19-14(10-18-11)17(22)23-12(2)16(21)20-8-7-13-5-3-4-6-15(13)20/h3-6,9-10,12H,7-8H2,1-2H3/t12-/m0/s1. The molecule has 23 heavy (non-hydrogen) atoms. The molecule has 0 bridgehead atoms. The number of hydrogen-bond donors (Lipinski definition) is 0. The van der Waals surface area contributed by atoms with Crippen LogP contribution in [0.1, 0.15) is 28.7 Å². The maximum absolute atomic E-state index is 12.5. The summed E-state index contributed by atoms with van der Waals surface area (Å²) in [6, 6.07) is 7.75. The normalized spacial score (nSPS) is 14.3. The van der Waals surface area contributed by atoms with Gasteiger partial charge in [0.25, 0.3) is 5.91 Å². The fraction of sp³-hybridized carbons (Fsp3) is 0.294. The van der Waals surface area contributed by atoms with Crippen LogP contribution in [0.25, 0.3) is 0 Å². The number of benzene rings is 1.